The Morgan fingerprint density at radius 3 is 2.62 bits per heavy atom. The minimum atomic E-state index is -0.952. The van der Waals surface area contributed by atoms with E-state index in [1.54, 1.807) is 12.1 Å². The Labute approximate surface area is 144 Å². The fraction of sp³-hybridized carbons (Fsp3) is 0.200. The van der Waals surface area contributed by atoms with Gasteiger partial charge in [-0.3, -0.25) is 4.98 Å². The van der Waals surface area contributed by atoms with E-state index in [4.69, 9.17) is 16.7 Å². The summed E-state index contributed by atoms with van der Waals surface area (Å²) in [7, 11) is 0. The van der Waals surface area contributed by atoms with E-state index in [0.717, 1.165) is 23.2 Å². The number of hydrogen-bond donors (Lipinski definition) is 1. The molecule has 0 spiro atoms. The number of carboxylic acid groups (broad SMARTS) is 1. The molecular formula is C20H16ClNO2. The summed E-state index contributed by atoms with van der Waals surface area (Å²) in [5, 5.41) is 10.8. The third kappa shape index (κ3) is 2.55. The fourth-order valence-corrected chi connectivity index (χ4v) is 3.81. The molecule has 4 rings (SSSR count). The standard InChI is InChI=1S/C20H16ClNO2/c1-11-8-15(14-4-2-3-5-19(14)22-11)17-10-16(17)13-7-6-12(20(23)24)9-18(13)21/h2-9,16-17H,10H2,1H3,(H,23,24). The van der Waals surface area contributed by atoms with Crippen LogP contribution in [-0.2, 0) is 0 Å². The molecule has 1 aliphatic carbocycles. The van der Waals surface area contributed by atoms with Crippen molar-refractivity contribution in [1.29, 1.82) is 0 Å². The zero-order chi connectivity index (χ0) is 16.8. The molecule has 1 aliphatic rings. The molecule has 0 radical (unpaired) electrons. The number of pyridine rings is 1. The Bertz CT molecular complexity index is 967. The van der Waals surface area contributed by atoms with Crippen LogP contribution in [0.25, 0.3) is 10.9 Å². The monoisotopic (exact) mass is 337 g/mol. The van der Waals surface area contributed by atoms with Crippen LogP contribution in [-0.4, -0.2) is 16.1 Å². The number of hydrogen-bond acceptors (Lipinski definition) is 2. The minimum Gasteiger partial charge on any atom is -0.478 e. The first-order valence-corrected chi connectivity index (χ1v) is 8.31. The molecular weight excluding hydrogens is 322 g/mol. The molecule has 0 bridgehead atoms. The van der Waals surface area contributed by atoms with Crippen LogP contribution in [0.1, 0.15) is 45.4 Å². The van der Waals surface area contributed by atoms with Crippen LogP contribution >= 0.6 is 11.6 Å². The van der Waals surface area contributed by atoms with E-state index in [1.807, 2.05) is 31.2 Å². The Kier molecular flexibility index (Phi) is 3.54. The summed E-state index contributed by atoms with van der Waals surface area (Å²) < 4.78 is 0. The largest absolute Gasteiger partial charge is 0.478 e. The van der Waals surface area contributed by atoms with Crippen molar-refractivity contribution < 1.29 is 9.90 Å². The lowest BCUT2D eigenvalue weighted by Crippen LogP contribution is -1.97. The maximum absolute atomic E-state index is 11.1. The maximum Gasteiger partial charge on any atom is 0.335 e. The van der Waals surface area contributed by atoms with Crippen LogP contribution in [0, 0.1) is 6.92 Å². The van der Waals surface area contributed by atoms with Gasteiger partial charge in [0.15, 0.2) is 0 Å². The van der Waals surface area contributed by atoms with Gasteiger partial charge < -0.3 is 5.11 Å². The van der Waals surface area contributed by atoms with Crippen LogP contribution in [0.2, 0.25) is 5.02 Å². The van der Waals surface area contributed by atoms with Crippen molar-refractivity contribution in [2.24, 2.45) is 0 Å². The number of rotatable bonds is 3. The Balaban J connectivity index is 1.71. The second-order valence-corrected chi connectivity index (χ2v) is 6.77. The molecule has 4 heteroatoms. The molecule has 3 aromatic rings. The van der Waals surface area contributed by atoms with E-state index in [-0.39, 0.29) is 5.56 Å². The summed E-state index contributed by atoms with van der Waals surface area (Å²) in [6.07, 6.45) is 1.03. The Hall–Kier alpha value is -2.39. The second-order valence-electron chi connectivity index (χ2n) is 6.36. The van der Waals surface area contributed by atoms with Gasteiger partial charge in [-0.2, -0.15) is 0 Å². The number of fused-ring (bicyclic) bond motifs is 1. The lowest BCUT2D eigenvalue weighted by Gasteiger charge is -2.09. The SMILES string of the molecule is Cc1cc(C2CC2c2ccc(C(=O)O)cc2Cl)c2ccccc2n1. The zero-order valence-corrected chi connectivity index (χ0v) is 13.9. The molecule has 1 N–H and O–H groups in total. The molecule has 0 aliphatic heterocycles. The highest BCUT2D eigenvalue weighted by Crippen LogP contribution is 2.57. The Morgan fingerprint density at radius 2 is 1.88 bits per heavy atom. The molecule has 2 aromatic carbocycles. The predicted molar refractivity (Wildman–Crippen MR) is 95.0 cm³/mol. The quantitative estimate of drug-likeness (QED) is 0.717. The summed E-state index contributed by atoms with van der Waals surface area (Å²) in [5.74, 6) is -0.207. The van der Waals surface area contributed by atoms with E-state index < -0.39 is 5.97 Å². The first-order chi connectivity index (χ1) is 11.5. The predicted octanol–water partition coefficient (Wildman–Crippen LogP) is 5.17. The number of nitrogens with zero attached hydrogens (tertiary/aromatic N) is 1. The van der Waals surface area contributed by atoms with Crippen LogP contribution in [0.3, 0.4) is 0 Å². The van der Waals surface area contributed by atoms with Gasteiger partial charge in [-0.15, -0.1) is 0 Å². The fourth-order valence-electron chi connectivity index (χ4n) is 3.49. The van der Waals surface area contributed by atoms with E-state index >= 15 is 0 Å². The highest BCUT2D eigenvalue weighted by atomic mass is 35.5. The lowest BCUT2D eigenvalue weighted by atomic mass is 9.99. The molecule has 1 fully saturated rings. The first kappa shape index (κ1) is 15.2. The zero-order valence-electron chi connectivity index (χ0n) is 13.2. The van der Waals surface area contributed by atoms with Crippen molar-refractivity contribution in [1.82, 2.24) is 4.98 Å². The van der Waals surface area contributed by atoms with Gasteiger partial charge in [0.05, 0.1) is 11.1 Å². The maximum atomic E-state index is 11.1. The highest BCUT2D eigenvalue weighted by Gasteiger charge is 2.41. The number of benzene rings is 2. The van der Waals surface area contributed by atoms with Crippen molar-refractivity contribution >= 4 is 28.5 Å². The molecule has 1 aromatic heterocycles. The third-order valence-electron chi connectivity index (χ3n) is 4.71. The number of carbonyl (C=O) groups is 1. The summed E-state index contributed by atoms with van der Waals surface area (Å²) in [4.78, 5) is 15.7. The second kappa shape index (κ2) is 5.60. The number of carboxylic acids is 1. The third-order valence-corrected chi connectivity index (χ3v) is 5.04. The summed E-state index contributed by atoms with van der Waals surface area (Å²) in [6, 6.07) is 15.4. The molecule has 0 saturated heterocycles. The average Bonchev–Trinajstić information content (AvgIpc) is 3.34. The van der Waals surface area contributed by atoms with E-state index in [0.29, 0.717) is 16.9 Å². The molecule has 1 saturated carbocycles. The van der Waals surface area contributed by atoms with Gasteiger partial charge in [0.2, 0.25) is 0 Å². The molecule has 0 amide bonds. The highest BCUT2D eigenvalue weighted by molar-refractivity contribution is 6.31. The van der Waals surface area contributed by atoms with E-state index in [1.165, 1.54) is 10.9 Å². The van der Waals surface area contributed by atoms with Crippen LogP contribution in [0.15, 0.2) is 48.5 Å². The van der Waals surface area contributed by atoms with Crippen molar-refractivity contribution in [2.45, 2.75) is 25.2 Å². The number of para-hydroxylation sites is 1. The molecule has 2 unspecified atom stereocenters. The van der Waals surface area contributed by atoms with E-state index in [9.17, 15) is 4.79 Å². The summed E-state index contributed by atoms with van der Waals surface area (Å²) >= 11 is 6.34. The van der Waals surface area contributed by atoms with Crippen molar-refractivity contribution in [3.05, 3.63) is 75.9 Å². The van der Waals surface area contributed by atoms with Gasteiger partial charge in [-0.25, -0.2) is 4.79 Å². The van der Waals surface area contributed by atoms with Crippen LogP contribution in [0.5, 0.6) is 0 Å². The van der Waals surface area contributed by atoms with Crippen molar-refractivity contribution in [3.8, 4) is 0 Å². The smallest absolute Gasteiger partial charge is 0.335 e. The van der Waals surface area contributed by atoms with Gasteiger partial charge in [0, 0.05) is 16.1 Å². The van der Waals surface area contributed by atoms with Gasteiger partial charge >= 0.3 is 5.97 Å². The number of aryl methyl sites for hydroxylation is 1. The van der Waals surface area contributed by atoms with Gasteiger partial charge in [-0.05, 0) is 60.6 Å². The molecule has 120 valence electrons. The number of halogens is 1. The summed E-state index contributed by atoms with van der Waals surface area (Å²) in [5.41, 5.74) is 4.60. The van der Waals surface area contributed by atoms with Crippen LogP contribution in [0.4, 0.5) is 0 Å². The number of aromatic nitrogens is 1. The molecule has 2 atom stereocenters. The van der Waals surface area contributed by atoms with Crippen molar-refractivity contribution in [2.75, 3.05) is 0 Å². The average molecular weight is 338 g/mol. The molecule has 1 heterocycles. The number of aromatic carboxylic acids is 1. The van der Waals surface area contributed by atoms with Crippen LogP contribution < -0.4 is 0 Å². The minimum absolute atomic E-state index is 0.228. The molecule has 3 nitrogen and oxygen atoms in total. The normalized spacial score (nSPS) is 19.4. The summed E-state index contributed by atoms with van der Waals surface area (Å²) in [6.45, 7) is 2.02. The topological polar surface area (TPSA) is 50.2 Å². The van der Waals surface area contributed by atoms with Gasteiger partial charge in [0.1, 0.15) is 0 Å². The van der Waals surface area contributed by atoms with E-state index in [2.05, 4.69) is 17.1 Å². The van der Waals surface area contributed by atoms with Crippen molar-refractivity contribution in [3.63, 3.8) is 0 Å². The van der Waals surface area contributed by atoms with Gasteiger partial charge in [-0.1, -0.05) is 35.9 Å². The molecule has 24 heavy (non-hydrogen) atoms. The van der Waals surface area contributed by atoms with Gasteiger partial charge in [0.25, 0.3) is 0 Å². The lowest BCUT2D eigenvalue weighted by molar-refractivity contribution is 0.0697. The first-order valence-electron chi connectivity index (χ1n) is 7.93. The Morgan fingerprint density at radius 1 is 1.12 bits per heavy atom.